The van der Waals surface area contributed by atoms with Gasteiger partial charge in [0, 0.05) is 0 Å². The number of nitrogens with zero attached hydrogens (tertiary/aromatic N) is 1. The number of benzene rings is 1. The van der Waals surface area contributed by atoms with Gasteiger partial charge in [0.2, 0.25) is 0 Å². The largest absolute Gasteiger partial charge is 0.444 e. The summed E-state index contributed by atoms with van der Waals surface area (Å²) in [6.45, 7) is 6.01. The summed E-state index contributed by atoms with van der Waals surface area (Å²) in [4.78, 5) is 25.8. The lowest BCUT2D eigenvalue weighted by molar-refractivity contribution is -0.123. The quantitative estimate of drug-likeness (QED) is 0.473. The van der Waals surface area contributed by atoms with Crippen LogP contribution in [0, 0.1) is 0 Å². The van der Waals surface area contributed by atoms with Gasteiger partial charge in [0.15, 0.2) is 6.29 Å². The smallest absolute Gasteiger partial charge is 0.412 e. The van der Waals surface area contributed by atoms with Crippen molar-refractivity contribution in [2.45, 2.75) is 83.8 Å². The Hall–Kier alpha value is -1.88. The Bertz CT molecular complexity index is 573. The molecule has 1 aliphatic rings. The third-order valence-electron chi connectivity index (χ3n) is 4.85. The number of unbranched alkanes of at least 4 members (excludes halogenated alkanes) is 4. The van der Waals surface area contributed by atoms with Gasteiger partial charge in [-0.05, 0) is 25.8 Å². The molecule has 144 valence electrons. The van der Waals surface area contributed by atoms with E-state index in [2.05, 4.69) is 6.92 Å². The van der Waals surface area contributed by atoms with E-state index in [0.29, 0.717) is 0 Å². The van der Waals surface area contributed by atoms with Gasteiger partial charge in [0.1, 0.15) is 18.4 Å². The van der Waals surface area contributed by atoms with Gasteiger partial charge in [0.05, 0.1) is 6.04 Å². The van der Waals surface area contributed by atoms with Gasteiger partial charge >= 0.3 is 6.09 Å². The third kappa shape index (κ3) is 5.31. The summed E-state index contributed by atoms with van der Waals surface area (Å²) in [7, 11) is 0. The molecule has 1 heterocycles. The van der Waals surface area contributed by atoms with Gasteiger partial charge in [-0.3, -0.25) is 4.90 Å². The van der Waals surface area contributed by atoms with Crippen LogP contribution in [0.1, 0.15) is 64.9 Å². The summed E-state index contributed by atoms with van der Waals surface area (Å²) in [6, 6.07) is 9.30. The van der Waals surface area contributed by atoms with Gasteiger partial charge < -0.3 is 14.3 Å². The topological polar surface area (TPSA) is 55.8 Å². The van der Waals surface area contributed by atoms with Crippen LogP contribution in [0.2, 0.25) is 0 Å². The molecule has 1 fully saturated rings. The second kappa shape index (κ2) is 9.72. The van der Waals surface area contributed by atoms with E-state index >= 15 is 0 Å². The van der Waals surface area contributed by atoms with Crippen LogP contribution in [-0.4, -0.2) is 35.2 Å². The Balaban J connectivity index is 1.99. The Morgan fingerprint density at radius 3 is 2.54 bits per heavy atom. The average molecular weight is 361 g/mol. The fourth-order valence-corrected chi connectivity index (χ4v) is 3.53. The molecule has 0 unspecified atom stereocenters. The van der Waals surface area contributed by atoms with E-state index in [0.717, 1.165) is 31.1 Å². The number of carbonyl (C=O) groups is 2. The van der Waals surface area contributed by atoms with Crippen molar-refractivity contribution in [1.29, 1.82) is 0 Å². The molecular formula is C21H31NO4. The average Bonchev–Trinajstić information content (AvgIpc) is 2.90. The van der Waals surface area contributed by atoms with Crippen LogP contribution in [-0.2, 0) is 20.9 Å². The Kier molecular flexibility index (Phi) is 7.64. The van der Waals surface area contributed by atoms with Gasteiger partial charge in [0.25, 0.3) is 0 Å². The summed E-state index contributed by atoms with van der Waals surface area (Å²) in [6.07, 6.45) is 6.18. The number of hydrogen-bond donors (Lipinski definition) is 0. The van der Waals surface area contributed by atoms with E-state index in [-0.39, 0.29) is 12.6 Å². The molecule has 0 bridgehead atoms. The van der Waals surface area contributed by atoms with E-state index in [1.807, 2.05) is 44.2 Å². The molecule has 0 aromatic heterocycles. The maximum Gasteiger partial charge on any atom is 0.412 e. The molecule has 0 aliphatic carbocycles. The highest BCUT2D eigenvalue weighted by atomic mass is 16.6. The molecule has 1 aromatic carbocycles. The van der Waals surface area contributed by atoms with Crippen LogP contribution in [0.3, 0.4) is 0 Å². The summed E-state index contributed by atoms with van der Waals surface area (Å²) in [5.74, 6) is 0. The number of rotatable bonds is 9. The highest BCUT2D eigenvalue weighted by Crippen LogP contribution is 2.34. The normalized spacial score (nSPS) is 21.6. The van der Waals surface area contributed by atoms with Crippen molar-refractivity contribution < 1.29 is 19.1 Å². The molecule has 1 aliphatic heterocycles. The number of hydrogen-bond acceptors (Lipinski definition) is 4. The predicted molar refractivity (Wildman–Crippen MR) is 101 cm³/mol. The Morgan fingerprint density at radius 2 is 1.88 bits per heavy atom. The first kappa shape index (κ1) is 20.4. The van der Waals surface area contributed by atoms with Crippen molar-refractivity contribution in [3.63, 3.8) is 0 Å². The van der Waals surface area contributed by atoms with E-state index in [1.165, 1.54) is 19.3 Å². The van der Waals surface area contributed by atoms with Crippen molar-refractivity contribution >= 4 is 12.4 Å². The molecule has 0 spiro atoms. The third-order valence-corrected chi connectivity index (χ3v) is 4.85. The number of amides is 1. The molecule has 26 heavy (non-hydrogen) atoms. The molecule has 2 rings (SSSR count). The second-order valence-corrected chi connectivity index (χ2v) is 7.35. The summed E-state index contributed by atoms with van der Waals surface area (Å²) >= 11 is 0. The molecule has 1 amide bonds. The summed E-state index contributed by atoms with van der Waals surface area (Å²) in [5, 5.41) is 0. The van der Waals surface area contributed by atoms with E-state index in [9.17, 15) is 9.59 Å². The predicted octanol–water partition coefficient (Wildman–Crippen LogP) is 4.69. The molecule has 0 radical (unpaired) electrons. The zero-order chi connectivity index (χ0) is 19.0. The van der Waals surface area contributed by atoms with Gasteiger partial charge in [-0.25, -0.2) is 4.79 Å². The number of aldehydes is 1. The van der Waals surface area contributed by atoms with Gasteiger partial charge in [-0.2, -0.15) is 0 Å². The molecule has 5 heteroatoms. The van der Waals surface area contributed by atoms with Crippen molar-refractivity contribution in [1.82, 2.24) is 4.90 Å². The minimum atomic E-state index is -0.854. The molecule has 5 nitrogen and oxygen atoms in total. The lowest BCUT2D eigenvalue weighted by Crippen LogP contribution is -2.48. The first-order chi connectivity index (χ1) is 12.5. The Morgan fingerprint density at radius 1 is 1.19 bits per heavy atom. The van der Waals surface area contributed by atoms with Crippen LogP contribution >= 0.6 is 0 Å². The minimum Gasteiger partial charge on any atom is -0.444 e. The van der Waals surface area contributed by atoms with Crippen LogP contribution in [0.5, 0.6) is 0 Å². The number of carbonyl (C=O) groups excluding carboxylic acids is 2. The highest BCUT2D eigenvalue weighted by Gasteiger charge is 2.50. The highest BCUT2D eigenvalue weighted by molar-refractivity contribution is 5.71. The maximum absolute atomic E-state index is 12.7. The molecule has 0 N–H and O–H groups in total. The monoisotopic (exact) mass is 361 g/mol. The van der Waals surface area contributed by atoms with Crippen LogP contribution in [0.4, 0.5) is 4.79 Å². The lowest BCUT2D eigenvalue weighted by Gasteiger charge is -2.32. The van der Waals surface area contributed by atoms with Crippen molar-refractivity contribution in [3.05, 3.63) is 35.9 Å². The van der Waals surface area contributed by atoms with Gasteiger partial charge in [-0.15, -0.1) is 0 Å². The van der Waals surface area contributed by atoms with E-state index < -0.39 is 17.9 Å². The zero-order valence-corrected chi connectivity index (χ0v) is 16.1. The minimum absolute atomic E-state index is 0.210. The van der Waals surface area contributed by atoms with E-state index in [1.54, 1.807) is 4.90 Å². The van der Waals surface area contributed by atoms with Crippen LogP contribution < -0.4 is 0 Å². The van der Waals surface area contributed by atoms with Crippen molar-refractivity contribution in [2.24, 2.45) is 0 Å². The van der Waals surface area contributed by atoms with Crippen LogP contribution in [0.15, 0.2) is 30.3 Å². The fraction of sp³-hybridized carbons (Fsp3) is 0.619. The zero-order valence-electron chi connectivity index (χ0n) is 16.1. The Labute approximate surface area is 156 Å². The van der Waals surface area contributed by atoms with Crippen LogP contribution in [0.25, 0.3) is 0 Å². The molecule has 2 atom stereocenters. The van der Waals surface area contributed by atoms with E-state index in [4.69, 9.17) is 9.47 Å². The lowest BCUT2D eigenvalue weighted by atomic mass is 10.0. The maximum atomic E-state index is 12.7. The molecule has 1 saturated heterocycles. The molecule has 0 saturated carbocycles. The first-order valence-electron chi connectivity index (χ1n) is 9.62. The van der Waals surface area contributed by atoms with Crippen molar-refractivity contribution in [2.75, 3.05) is 0 Å². The standard InChI is InChI=1S/C21H31NO4/c1-4-5-6-7-11-14-18-19(15-23)26-21(2,3)22(18)20(24)25-16-17-12-9-8-10-13-17/h8-10,12-13,15,18-19H,4-7,11,14,16H2,1-3H3/t18-,19-/m1/s1. The first-order valence-corrected chi connectivity index (χ1v) is 9.62. The second-order valence-electron chi connectivity index (χ2n) is 7.35. The fourth-order valence-electron chi connectivity index (χ4n) is 3.53. The van der Waals surface area contributed by atoms with Crippen molar-refractivity contribution in [3.8, 4) is 0 Å². The summed E-state index contributed by atoms with van der Waals surface area (Å²) < 4.78 is 11.3. The molecular weight excluding hydrogens is 330 g/mol. The molecule has 1 aromatic rings. The van der Waals surface area contributed by atoms with Gasteiger partial charge in [-0.1, -0.05) is 69.4 Å². The SMILES string of the molecule is CCCCCCC[C@@H]1[C@@H](C=O)OC(C)(C)N1C(=O)OCc1ccccc1. The number of ether oxygens (including phenoxy) is 2. The summed E-state index contributed by atoms with van der Waals surface area (Å²) in [5.41, 5.74) is 0.0785.